The van der Waals surface area contributed by atoms with Crippen LogP contribution in [0.25, 0.3) is 0 Å². The summed E-state index contributed by atoms with van der Waals surface area (Å²) in [6.07, 6.45) is 19.6. The third-order valence-corrected chi connectivity index (χ3v) is 4.01. The molecule has 138 valence electrons. The zero-order valence-electron chi connectivity index (χ0n) is 16.1. The smallest absolute Gasteiger partial charge is 0.171 e. The van der Waals surface area contributed by atoms with Crippen molar-refractivity contribution in [1.29, 1.82) is 0 Å². The number of carboxylic acids is 1. The Morgan fingerprint density at radius 1 is 0.958 bits per heavy atom. The molecule has 0 bridgehead atoms. The normalized spacial score (nSPS) is 10.1. The molecule has 1 rings (SSSR count). The lowest BCUT2D eigenvalue weighted by molar-refractivity contribution is -0.697. The molecule has 0 saturated heterocycles. The average Bonchev–Trinajstić information content (AvgIpc) is 2.55. The predicted octanol–water partition coefficient (Wildman–Crippen LogP) is 4.21. The third-order valence-electron chi connectivity index (χ3n) is 4.01. The maximum Gasteiger partial charge on any atom is 0.171 e. The Balaban J connectivity index is 0.00000118. The van der Waals surface area contributed by atoms with Crippen LogP contribution in [0.2, 0.25) is 0 Å². The standard InChI is InChI=1S/C19H34N.C2H4O2/c1-3-5-7-8-9-10-11-12-16-20-17-13-15-19(18-20)14-6-4-2;1-2(3)4/h13,15,17-18H,3-12,14,16H2,1-2H3;1H3,(H,3,4)/q+1;/p-1. The number of rotatable bonds is 12. The first kappa shape index (κ1) is 22.6. The van der Waals surface area contributed by atoms with E-state index in [0.29, 0.717) is 0 Å². The molecule has 0 saturated carbocycles. The first-order chi connectivity index (χ1) is 11.6. The molecular weight excluding hydrogens is 298 g/mol. The van der Waals surface area contributed by atoms with Crippen molar-refractivity contribution in [2.45, 2.75) is 97.9 Å². The molecule has 3 nitrogen and oxygen atoms in total. The molecule has 0 amide bonds. The number of carbonyl (C=O) groups is 1. The SMILES string of the molecule is CC(=O)[O-].CCCCCCCCCC[n+]1cccc(CCCC)c1. The van der Waals surface area contributed by atoms with E-state index in [2.05, 4.69) is 42.9 Å². The highest BCUT2D eigenvalue weighted by atomic mass is 16.4. The van der Waals surface area contributed by atoms with Gasteiger partial charge in [-0.15, -0.1) is 0 Å². The fraction of sp³-hybridized carbons (Fsp3) is 0.714. The van der Waals surface area contributed by atoms with E-state index >= 15 is 0 Å². The van der Waals surface area contributed by atoms with E-state index in [1.807, 2.05) is 0 Å². The molecule has 1 aromatic rings. The topological polar surface area (TPSA) is 44.0 Å². The van der Waals surface area contributed by atoms with Gasteiger partial charge in [-0.2, -0.15) is 0 Å². The second-order valence-corrected chi connectivity index (χ2v) is 6.52. The van der Waals surface area contributed by atoms with Crippen molar-refractivity contribution in [3.8, 4) is 0 Å². The number of aromatic nitrogens is 1. The van der Waals surface area contributed by atoms with Crippen LogP contribution in [-0.4, -0.2) is 5.97 Å². The second kappa shape index (κ2) is 16.5. The molecule has 0 aliphatic rings. The van der Waals surface area contributed by atoms with Crippen LogP contribution >= 0.6 is 0 Å². The average molecular weight is 336 g/mol. The van der Waals surface area contributed by atoms with Gasteiger partial charge in [-0.25, -0.2) is 4.57 Å². The number of hydrogen-bond acceptors (Lipinski definition) is 2. The Morgan fingerprint density at radius 2 is 1.50 bits per heavy atom. The molecule has 0 fully saturated rings. The number of aliphatic carboxylic acids is 1. The predicted molar refractivity (Wildman–Crippen MR) is 98.5 cm³/mol. The van der Waals surface area contributed by atoms with Gasteiger partial charge in [0.1, 0.15) is 6.54 Å². The summed E-state index contributed by atoms with van der Waals surface area (Å²) in [7, 11) is 0. The van der Waals surface area contributed by atoms with Crippen molar-refractivity contribution in [1.82, 2.24) is 0 Å². The minimum atomic E-state index is -1.08. The summed E-state index contributed by atoms with van der Waals surface area (Å²) in [5.74, 6) is -1.08. The van der Waals surface area contributed by atoms with E-state index in [9.17, 15) is 0 Å². The van der Waals surface area contributed by atoms with Gasteiger partial charge in [-0.1, -0.05) is 58.8 Å². The van der Waals surface area contributed by atoms with Gasteiger partial charge in [-0.05, 0) is 32.3 Å². The number of hydrogen-bond donors (Lipinski definition) is 0. The molecule has 0 radical (unpaired) electrons. The van der Waals surface area contributed by atoms with Crippen LogP contribution in [-0.2, 0) is 17.8 Å². The first-order valence-electron chi connectivity index (χ1n) is 9.75. The maximum absolute atomic E-state index is 8.89. The number of carbonyl (C=O) groups excluding carboxylic acids is 1. The van der Waals surface area contributed by atoms with Crippen LogP contribution in [0, 0.1) is 0 Å². The van der Waals surface area contributed by atoms with Gasteiger partial charge in [-0.3, -0.25) is 0 Å². The molecule has 0 N–H and O–H groups in total. The lowest BCUT2D eigenvalue weighted by Crippen LogP contribution is -2.33. The monoisotopic (exact) mass is 335 g/mol. The van der Waals surface area contributed by atoms with Gasteiger partial charge in [0, 0.05) is 24.0 Å². The van der Waals surface area contributed by atoms with Crippen molar-refractivity contribution in [2.24, 2.45) is 0 Å². The maximum atomic E-state index is 8.89. The summed E-state index contributed by atoms with van der Waals surface area (Å²) >= 11 is 0. The second-order valence-electron chi connectivity index (χ2n) is 6.52. The lowest BCUT2D eigenvalue weighted by Gasteiger charge is -2.02. The Kier molecular flexibility index (Phi) is 15.5. The van der Waals surface area contributed by atoms with Gasteiger partial charge >= 0.3 is 0 Å². The number of carboxylic acid groups (broad SMARTS) is 1. The zero-order valence-corrected chi connectivity index (χ0v) is 16.1. The molecule has 3 heteroatoms. The van der Waals surface area contributed by atoms with Gasteiger partial charge in [0.2, 0.25) is 0 Å². The molecule has 24 heavy (non-hydrogen) atoms. The van der Waals surface area contributed by atoms with Crippen molar-refractivity contribution >= 4 is 5.97 Å². The zero-order chi connectivity index (χ0) is 18.0. The summed E-state index contributed by atoms with van der Waals surface area (Å²) in [5, 5.41) is 8.89. The molecule has 0 unspecified atom stereocenters. The highest BCUT2D eigenvalue weighted by molar-refractivity contribution is 5.60. The van der Waals surface area contributed by atoms with Crippen LogP contribution in [0.5, 0.6) is 0 Å². The van der Waals surface area contributed by atoms with Crippen LogP contribution in [0.15, 0.2) is 24.5 Å². The Morgan fingerprint density at radius 3 is 2.08 bits per heavy atom. The number of unbranched alkanes of at least 4 members (excludes halogenated alkanes) is 8. The van der Waals surface area contributed by atoms with E-state index in [1.54, 1.807) is 0 Å². The fourth-order valence-corrected chi connectivity index (χ4v) is 2.67. The van der Waals surface area contributed by atoms with E-state index in [0.717, 1.165) is 6.92 Å². The van der Waals surface area contributed by atoms with Gasteiger partial charge in [0.25, 0.3) is 0 Å². The minimum absolute atomic E-state index is 0.972. The lowest BCUT2D eigenvalue weighted by atomic mass is 10.1. The molecule has 0 spiro atoms. The Labute approximate surface area is 149 Å². The summed E-state index contributed by atoms with van der Waals surface area (Å²) in [6, 6.07) is 4.47. The summed E-state index contributed by atoms with van der Waals surface area (Å²) in [5.41, 5.74) is 1.49. The molecule has 0 atom stereocenters. The summed E-state index contributed by atoms with van der Waals surface area (Å²) < 4.78 is 2.38. The largest absolute Gasteiger partial charge is 0.550 e. The molecule has 0 aliphatic heterocycles. The van der Waals surface area contributed by atoms with Gasteiger partial charge in [0.15, 0.2) is 12.4 Å². The third kappa shape index (κ3) is 15.5. The van der Waals surface area contributed by atoms with Crippen LogP contribution in [0.1, 0.15) is 90.5 Å². The Bertz CT molecular complexity index is 414. The van der Waals surface area contributed by atoms with E-state index in [4.69, 9.17) is 9.90 Å². The van der Waals surface area contributed by atoms with E-state index in [-0.39, 0.29) is 0 Å². The highest BCUT2D eigenvalue weighted by Gasteiger charge is 2.02. The molecule has 0 aliphatic carbocycles. The quantitative estimate of drug-likeness (QED) is 0.424. The van der Waals surface area contributed by atoms with Crippen LogP contribution < -0.4 is 9.67 Å². The molecule has 1 heterocycles. The molecular formula is C21H37NO2. The summed E-state index contributed by atoms with van der Waals surface area (Å²) in [6.45, 7) is 6.71. The Hall–Kier alpha value is -1.38. The van der Waals surface area contributed by atoms with Gasteiger partial charge in [0.05, 0.1) is 0 Å². The number of pyridine rings is 1. The van der Waals surface area contributed by atoms with E-state index in [1.165, 1.54) is 82.7 Å². The minimum Gasteiger partial charge on any atom is -0.550 e. The summed E-state index contributed by atoms with van der Waals surface area (Å²) in [4.78, 5) is 8.89. The highest BCUT2D eigenvalue weighted by Crippen LogP contribution is 2.08. The van der Waals surface area contributed by atoms with E-state index < -0.39 is 5.97 Å². The van der Waals surface area contributed by atoms with Crippen molar-refractivity contribution in [3.63, 3.8) is 0 Å². The fourth-order valence-electron chi connectivity index (χ4n) is 2.67. The van der Waals surface area contributed by atoms with Gasteiger partial charge < -0.3 is 9.90 Å². The molecule has 1 aromatic heterocycles. The van der Waals surface area contributed by atoms with Crippen LogP contribution in [0.4, 0.5) is 0 Å². The van der Waals surface area contributed by atoms with Crippen molar-refractivity contribution in [2.75, 3.05) is 0 Å². The molecule has 0 aromatic carbocycles. The van der Waals surface area contributed by atoms with Crippen LogP contribution in [0.3, 0.4) is 0 Å². The van der Waals surface area contributed by atoms with Crippen molar-refractivity contribution in [3.05, 3.63) is 30.1 Å². The van der Waals surface area contributed by atoms with Crippen molar-refractivity contribution < 1.29 is 14.5 Å². The number of nitrogens with zero attached hydrogens (tertiary/aromatic N) is 1. The number of aryl methyl sites for hydroxylation is 2. The first-order valence-corrected chi connectivity index (χ1v) is 9.75.